The van der Waals surface area contributed by atoms with E-state index in [1.807, 2.05) is 12.3 Å². The molecule has 0 saturated carbocycles. The Kier molecular flexibility index (Phi) is 3.31. The van der Waals surface area contributed by atoms with Crippen molar-refractivity contribution in [1.82, 2.24) is 4.98 Å². The fourth-order valence-electron chi connectivity index (χ4n) is 2.78. The van der Waals surface area contributed by atoms with E-state index in [4.69, 9.17) is 0 Å². The zero-order chi connectivity index (χ0) is 13.4. The van der Waals surface area contributed by atoms with Gasteiger partial charge in [-0.25, -0.2) is 0 Å². The molecule has 0 amide bonds. The van der Waals surface area contributed by atoms with Gasteiger partial charge in [0.2, 0.25) is 0 Å². The van der Waals surface area contributed by atoms with Gasteiger partial charge >= 0.3 is 0 Å². The number of nitrogens with one attached hydrogen (secondary N) is 1. The van der Waals surface area contributed by atoms with Crippen LogP contribution in [0.3, 0.4) is 0 Å². The molecule has 3 rings (SSSR count). The first kappa shape index (κ1) is 12.7. The lowest BCUT2D eigenvalue weighted by Crippen LogP contribution is -2.09. The second-order valence-electron chi connectivity index (χ2n) is 5.21. The van der Waals surface area contributed by atoms with Gasteiger partial charge in [-0.15, -0.1) is 0 Å². The number of benzene rings is 1. The lowest BCUT2D eigenvalue weighted by atomic mass is 10.1. The molecule has 1 aliphatic carbocycles. The Labute approximate surface area is 122 Å². The average Bonchev–Trinajstić information content (AvgIpc) is 2.79. The standard InChI is InChI=1S/C16H17BrN2/c1-10-8-13(9-11(2)15(10)17)19-14-6-5-12-4-3-7-18-16(12)14/h3-4,7-9,14,19H,5-6H2,1-2H3. The summed E-state index contributed by atoms with van der Waals surface area (Å²) in [6.45, 7) is 4.26. The van der Waals surface area contributed by atoms with Crippen molar-refractivity contribution in [2.24, 2.45) is 0 Å². The number of anilines is 1. The molecule has 1 aliphatic rings. The smallest absolute Gasteiger partial charge is 0.0691 e. The molecule has 1 unspecified atom stereocenters. The van der Waals surface area contributed by atoms with Gasteiger partial charge in [0, 0.05) is 16.4 Å². The number of rotatable bonds is 2. The van der Waals surface area contributed by atoms with Crippen molar-refractivity contribution in [1.29, 1.82) is 0 Å². The van der Waals surface area contributed by atoms with Crippen LogP contribution in [0.15, 0.2) is 34.9 Å². The van der Waals surface area contributed by atoms with Crippen LogP contribution in [0.25, 0.3) is 0 Å². The molecule has 0 fully saturated rings. The Morgan fingerprint density at radius 1 is 1.26 bits per heavy atom. The van der Waals surface area contributed by atoms with Crippen molar-refractivity contribution in [3.05, 3.63) is 57.3 Å². The first-order valence-electron chi connectivity index (χ1n) is 6.62. The fourth-order valence-corrected chi connectivity index (χ4v) is 3.01. The Bertz CT molecular complexity index is 599. The van der Waals surface area contributed by atoms with Crippen molar-refractivity contribution in [3.63, 3.8) is 0 Å². The third-order valence-electron chi connectivity index (χ3n) is 3.74. The van der Waals surface area contributed by atoms with Crippen LogP contribution in [0.2, 0.25) is 0 Å². The Morgan fingerprint density at radius 3 is 2.74 bits per heavy atom. The van der Waals surface area contributed by atoms with Crippen LogP contribution in [0, 0.1) is 13.8 Å². The van der Waals surface area contributed by atoms with Gasteiger partial charge in [-0.1, -0.05) is 22.0 Å². The van der Waals surface area contributed by atoms with Crippen LogP contribution in [0.4, 0.5) is 5.69 Å². The summed E-state index contributed by atoms with van der Waals surface area (Å²) in [5.41, 5.74) is 6.30. The predicted octanol–water partition coefficient (Wildman–Crippen LogP) is 4.56. The molecule has 2 aromatic rings. The number of pyridine rings is 1. The van der Waals surface area contributed by atoms with Crippen LogP contribution < -0.4 is 5.32 Å². The lowest BCUT2D eigenvalue weighted by Gasteiger charge is -2.16. The second-order valence-corrected chi connectivity index (χ2v) is 6.00. The highest BCUT2D eigenvalue weighted by atomic mass is 79.9. The van der Waals surface area contributed by atoms with E-state index in [0.717, 1.165) is 12.8 Å². The summed E-state index contributed by atoms with van der Waals surface area (Å²) < 4.78 is 1.20. The van der Waals surface area contributed by atoms with Gasteiger partial charge < -0.3 is 5.32 Å². The van der Waals surface area contributed by atoms with E-state index in [9.17, 15) is 0 Å². The molecule has 0 spiro atoms. The average molecular weight is 317 g/mol. The normalized spacial score (nSPS) is 17.3. The molecule has 19 heavy (non-hydrogen) atoms. The van der Waals surface area contributed by atoms with Crippen molar-refractivity contribution in [2.45, 2.75) is 32.7 Å². The number of aromatic nitrogens is 1. The quantitative estimate of drug-likeness (QED) is 0.878. The van der Waals surface area contributed by atoms with Gasteiger partial charge in [-0.3, -0.25) is 4.98 Å². The number of aryl methyl sites for hydroxylation is 3. The zero-order valence-electron chi connectivity index (χ0n) is 11.2. The number of halogens is 1. The van der Waals surface area contributed by atoms with E-state index >= 15 is 0 Å². The first-order chi connectivity index (χ1) is 9.15. The van der Waals surface area contributed by atoms with Crippen molar-refractivity contribution in [3.8, 4) is 0 Å². The summed E-state index contributed by atoms with van der Waals surface area (Å²) >= 11 is 3.61. The third-order valence-corrected chi connectivity index (χ3v) is 4.99. The van der Waals surface area contributed by atoms with Gasteiger partial charge in [0.1, 0.15) is 0 Å². The minimum atomic E-state index is 0.344. The number of nitrogens with zero attached hydrogens (tertiary/aromatic N) is 1. The van der Waals surface area contributed by atoms with Crippen LogP contribution in [-0.4, -0.2) is 4.98 Å². The molecule has 0 aliphatic heterocycles. The van der Waals surface area contributed by atoms with Gasteiger partial charge in [0.25, 0.3) is 0 Å². The molecule has 98 valence electrons. The Morgan fingerprint density at radius 2 is 2.00 bits per heavy atom. The molecule has 2 nitrogen and oxygen atoms in total. The fraction of sp³-hybridized carbons (Fsp3) is 0.312. The van der Waals surface area contributed by atoms with E-state index in [1.54, 1.807) is 0 Å². The number of hydrogen-bond donors (Lipinski definition) is 1. The van der Waals surface area contributed by atoms with Gasteiger partial charge in [0.15, 0.2) is 0 Å². The Balaban J connectivity index is 1.87. The zero-order valence-corrected chi connectivity index (χ0v) is 12.8. The molecule has 0 bridgehead atoms. The van der Waals surface area contributed by atoms with E-state index in [1.165, 1.54) is 32.5 Å². The van der Waals surface area contributed by atoms with Crippen LogP contribution in [0.5, 0.6) is 0 Å². The molecule has 0 radical (unpaired) electrons. The SMILES string of the molecule is Cc1cc(NC2CCc3cccnc32)cc(C)c1Br. The number of fused-ring (bicyclic) bond motifs is 1. The second kappa shape index (κ2) is 4.97. The molecule has 1 aromatic carbocycles. The molecular formula is C16H17BrN2. The van der Waals surface area contributed by atoms with Gasteiger partial charge in [0.05, 0.1) is 11.7 Å². The van der Waals surface area contributed by atoms with Gasteiger partial charge in [-0.2, -0.15) is 0 Å². The predicted molar refractivity (Wildman–Crippen MR) is 82.5 cm³/mol. The maximum Gasteiger partial charge on any atom is 0.0691 e. The molecule has 1 aromatic heterocycles. The van der Waals surface area contributed by atoms with E-state index in [0.29, 0.717) is 6.04 Å². The maximum atomic E-state index is 4.53. The Hall–Kier alpha value is -1.35. The van der Waals surface area contributed by atoms with Crippen molar-refractivity contribution < 1.29 is 0 Å². The summed E-state index contributed by atoms with van der Waals surface area (Å²) in [6, 6.07) is 8.93. The summed E-state index contributed by atoms with van der Waals surface area (Å²) in [7, 11) is 0. The maximum absolute atomic E-state index is 4.53. The topological polar surface area (TPSA) is 24.9 Å². The largest absolute Gasteiger partial charge is 0.377 e. The summed E-state index contributed by atoms with van der Waals surface area (Å²) in [6.07, 6.45) is 4.13. The number of hydrogen-bond acceptors (Lipinski definition) is 2. The molecule has 0 saturated heterocycles. The van der Waals surface area contributed by atoms with E-state index in [2.05, 4.69) is 58.3 Å². The minimum Gasteiger partial charge on any atom is -0.377 e. The van der Waals surface area contributed by atoms with Gasteiger partial charge in [-0.05, 0) is 61.6 Å². The minimum absolute atomic E-state index is 0.344. The molecule has 1 heterocycles. The van der Waals surface area contributed by atoms with E-state index in [-0.39, 0.29) is 0 Å². The highest BCUT2D eigenvalue weighted by Crippen LogP contribution is 2.33. The molecule has 1 atom stereocenters. The third kappa shape index (κ3) is 2.39. The summed E-state index contributed by atoms with van der Waals surface area (Å²) in [5.74, 6) is 0. The van der Waals surface area contributed by atoms with E-state index < -0.39 is 0 Å². The van der Waals surface area contributed by atoms with Crippen LogP contribution in [0.1, 0.15) is 34.8 Å². The van der Waals surface area contributed by atoms with Crippen LogP contribution in [-0.2, 0) is 6.42 Å². The first-order valence-corrected chi connectivity index (χ1v) is 7.41. The monoisotopic (exact) mass is 316 g/mol. The lowest BCUT2D eigenvalue weighted by molar-refractivity contribution is 0.745. The highest BCUT2D eigenvalue weighted by Gasteiger charge is 2.23. The van der Waals surface area contributed by atoms with Crippen LogP contribution >= 0.6 is 15.9 Å². The molecular weight excluding hydrogens is 300 g/mol. The van der Waals surface area contributed by atoms with Crippen molar-refractivity contribution in [2.75, 3.05) is 5.32 Å². The summed E-state index contributed by atoms with van der Waals surface area (Å²) in [4.78, 5) is 4.53. The molecule has 1 N–H and O–H groups in total. The summed E-state index contributed by atoms with van der Waals surface area (Å²) in [5, 5.41) is 3.62. The van der Waals surface area contributed by atoms with Crippen molar-refractivity contribution >= 4 is 21.6 Å². The molecule has 3 heteroatoms. The highest BCUT2D eigenvalue weighted by molar-refractivity contribution is 9.10.